The van der Waals surface area contributed by atoms with Crippen LogP contribution in [0.2, 0.25) is 0 Å². The molecule has 1 fully saturated rings. The number of aliphatic hydroxyl groups excluding tert-OH is 1. The van der Waals surface area contributed by atoms with Gasteiger partial charge < -0.3 is 19.8 Å². The Kier molecular flexibility index (Phi) is 7.45. The third kappa shape index (κ3) is 6.18. The average Bonchev–Trinajstić information content (AvgIpc) is 3.37. The average molecular weight is 560 g/mol. The third-order valence-corrected chi connectivity index (χ3v) is 6.90. The van der Waals surface area contributed by atoms with Crippen molar-refractivity contribution in [3.05, 3.63) is 88.4 Å². The number of hydrogen-bond donors (Lipinski definition) is 2. The van der Waals surface area contributed by atoms with Crippen molar-refractivity contribution in [3.63, 3.8) is 0 Å². The molecule has 12 nitrogen and oxygen atoms in total. The lowest BCUT2D eigenvalue weighted by Crippen LogP contribution is -2.55. The molecule has 2 atom stereocenters. The van der Waals surface area contributed by atoms with Crippen LogP contribution in [0.4, 0.5) is 4.79 Å². The summed E-state index contributed by atoms with van der Waals surface area (Å²) in [6.45, 7) is 5.45. The van der Waals surface area contributed by atoms with Gasteiger partial charge in [-0.1, -0.05) is 18.2 Å². The molecule has 1 amide bonds. The number of benzene rings is 1. The highest BCUT2D eigenvalue weighted by Gasteiger charge is 2.44. The van der Waals surface area contributed by atoms with Crippen LogP contribution < -0.4 is 5.43 Å². The number of ether oxygens (including phenoxy) is 1. The summed E-state index contributed by atoms with van der Waals surface area (Å²) in [5, 5.41) is 30.7. The molecule has 2 N–H and O–H groups in total. The summed E-state index contributed by atoms with van der Waals surface area (Å²) in [4.78, 5) is 35.2. The molecule has 0 bridgehead atoms. The van der Waals surface area contributed by atoms with E-state index in [0.717, 1.165) is 16.8 Å². The second-order valence-corrected chi connectivity index (χ2v) is 11.2. The first-order chi connectivity index (χ1) is 19.4. The Bertz CT molecular complexity index is 1610. The van der Waals surface area contributed by atoms with E-state index in [1.54, 1.807) is 42.5 Å². The highest BCUT2D eigenvalue weighted by atomic mass is 16.6. The van der Waals surface area contributed by atoms with Gasteiger partial charge in [0, 0.05) is 62.2 Å². The molecule has 12 heteroatoms. The fraction of sp³-hybridized carbons (Fsp3) is 0.379. The van der Waals surface area contributed by atoms with Crippen LogP contribution in [0, 0.1) is 0 Å². The predicted octanol–water partition coefficient (Wildman–Crippen LogP) is 2.20. The summed E-state index contributed by atoms with van der Waals surface area (Å²) >= 11 is 0. The highest BCUT2D eigenvalue weighted by molar-refractivity contribution is 5.68. The van der Waals surface area contributed by atoms with E-state index in [2.05, 4.69) is 20.2 Å². The van der Waals surface area contributed by atoms with Crippen LogP contribution >= 0.6 is 0 Å². The topological polar surface area (TPSA) is 148 Å². The number of carbonyl (C=O) groups is 1. The molecular formula is C29H33N7O5. The summed E-state index contributed by atoms with van der Waals surface area (Å²) in [5.74, 6) is 0.425. The zero-order valence-electron chi connectivity index (χ0n) is 23.4. The van der Waals surface area contributed by atoms with Crippen molar-refractivity contribution in [3.8, 4) is 17.1 Å². The van der Waals surface area contributed by atoms with Crippen LogP contribution in [0.15, 0.2) is 66.1 Å². The van der Waals surface area contributed by atoms with Gasteiger partial charge in [-0.3, -0.25) is 9.48 Å². The van der Waals surface area contributed by atoms with Gasteiger partial charge in [0.05, 0.1) is 18.9 Å². The lowest BCUT2D eigenvalue weighted by molar-refractivity contribution is -0.123. The maximum atomic E-state index is 12.5. The Morgan fingerprint density at radius 1 is 1.17 bits per heavy atom. The standard InChI is InChI=1S/C29H33N7O5/c1-28(2,3)41-27(39)35-11-9-29(40,25(38)18-35)21-14-30-26(31-15-21)20-7-5-6-19(12-20)13-23-24(37)8-10-36(33-23)22-16-32-34(4)17-22/h5-8,10,12,14-17,25,38,40H,9,11,13,18H2,1-4H3. The summed E-state index contributed by atoms with van der Waals surface area (Å²) in [6, 6.07) is 8.98. The summed E-state index contributed by atoms with van der Waals surface area (Å²) < 4.78 is 8.67. The fourth-order valence-electron chi connectivity index (χ4n) is 4.71. The predicted molar refractivity (Wildman–Crippen MR) is 149 cm³/mol. The van der Waals surface area contributed by atoms with E-state index in [1.165, 1.54) is 23.4 Å². The number of likely N-dealkylation sites (tertiary alicyclic amines) is 1. The molecule has 4 heterocycles. The highest BCUT2D eigenvalue weighted by Crippen LogP contribution is 2.33. The second-order valence-electron chi connectivity index (χ2n) is 11.2. The first kappa shape index (κ1) is 28.1. The smallest absolute Gasteiger partial charge is 0.410 e. The number of piperidine rings is 1. The van der Waals surface area contributed by atoms with Crippen LogP contribution in [0.1, 0.15) is 44.0 Å². The minimum absolute atomic E-state index is 0.0782. The van der Waals surface area contributed by atoms with Crippen molar-refractivity contribution >= 4 is 6.09 Å². The quantitative estimate of drug-likeness (QED) is 0.375. The zero-order chi connectivity index (χ0) is 29.4. The molecule has 0 spiro atoms. The van der Waals surface area contributed by atoms with Gasteiger partial charge in [0.25, 0.3) is 0 Å². The molecule has 214 valence electrons. The van der Waals surface area contributed by atoms with Crippen molar-refractivity contribution in [2.75, 3.05) is 13.1 Å². The molecule has 0 saturated carbocycles. The largest absolute Gasteiger partial charge is 0.444 e. The summed E-state index contributed by atoms with van der Waals surface area (Å²) in [6.07, 6.45) is 6.71. The Balaban J connectivity index is 1.30. The van der Waals surface area contributed by atoms with Gasteiger partial charge in [0.2, 0.25) is 5.43 Å². The summed E-state index contributed by atoms with van der Waals surface area (Å²) in [5.41, 5.74) is 0.646. The van der Waals surface area contributed by atoms with Crippen molar-refractivity contribution in [2.45, 2.75) is 50.9 Å². The normalized spacial score (nSPS) is 19.3. The molecule has 1 aromatic carbocycles. The first-order valence-electron chi connectivity index (χ1n) is 13.3. The zero-order valence-corrected chi connectivity index (χ0v) is 23.4. The van der Waals surface area contributed by atoms with Crippen LogP contribution in [0.3, 0.4) is 0 Å². The molecule has 0 aliphatic carbocycles. The molecule has 1 aliphatic rings. The number of nitrogens with zero attached hydrogens (tertiary/aromatic N) is 7. The maximum Gasteiger partial charge on any atom is 0.410 e. The van der Waals surface area contributed by atoms with E-state index < -0.39 is 23.4 Å². The summed E-state index contributed by atoms with van der Waals surface area (Å²) in [7, 11) is 1.81. The van der Waals surface area contributed by atoms with Crippen molar-refractivity contribution in [1.29, 1.82) is 0 Å². The number of hydrogen-bond acceptors (Lipinski definition) is 9. The van der Waals surface area contributed by atoms with Gasteiger partial charge >= 0.3 is 6.09 Å². The second kappa shape index (κ2) is 10.9. The van der Waals surface area contributed by atoms with Gasteiger partial charge in [0.1, 0.15) is 28.7 Å². The van der Waals surface area contributed by atoms with Gasteiger partial charge in [-0.05, 0) is 32.4 Å². The Morgan fingerprint density at radius 2 is 1.93 bits per heavy atom. The number of rotatable bonds is 5. The Labute approximate surface area is 236 Å². The van der Waals surface area contributed by atoms with Crippen molar-refractivity contribution < 1.29 is 19.7 Å². The monoisotopic (exact) mass is 559 g/mol. The molecule has 1 saturated heterocycles. The van der Waals surface area contributed by atoms with E-state index in [1.807, 2.05) is 37.5 Å². The van der Waals surface area contributed by atoms with E-state index >= 15 is 0 Å². The van der Waals surface area contributed by atoms with Gasteiger partial charge in [0.15, 0.2) is 5.82 Å². The van der Waals surface area contributed by atoms with Crippen molar-refractivity contribution in [1.82, 2.24) is 34.4 Å². The third-order valence-electron chi connectivity index (χ3n) is 6.90. The Morgan fingerprint density at radius 3 is 2.59 bits per heavy atom. The first-order valence-corrected chi connectivity index (χ1v) is 13.3. The molecule has 4 aromatic rings. The van der Waals surface area contributed by atoms with Crippen molar-refractivity contribution in [2.24, 2.45) is 7.05 Å². The van der Waals surface area contributed by atoms with Crippen LogP contribution in [-0.4, -0.2) is 75.5 Å². The van der Waals surface area contributed by atoms with Gasteiger partial charge in [-0.25, -0.2) is 19.4 Å². The minimum Gasteiger partial charge on any atom is -0.444 e. The van der Waals surface area contributed by atoms with E-state index in [-0.39, 0.29) is 24.9 Å². The molecular weight excluding hydrogens is 526 g/mol. The van der Waals surface area contributed by atoms with Gasteiger partial charge in [-0.2, -0.15) is 10.2 Å². The molecule has 2 unspecified atom stereocenters. The molecule has 1 aliphatic heterocycles. The van der Waals surface area contributed by atoms with E-state index in [9.17, 15) is 19.8 Å². The number of carbonyl (C=O) groups excluding carboxylic acids is 1. The number of β-amino-alcohol motifs (C(OH)–C–C–N with tert-alkyl or cyclic N) is 1. The molecule has 0 radical (unpaired) electrons. The number of amides is 1. The SMILES string of the molecule is Cn1cc(-n2ccc(=O)c(Cc3cccc(-c4ncc(C5(O)CCN(C(=O)OC(C)(C)C)CC5O)cn4)c3)n2)cn1. The molecule has 5 rings (SSSR count). The van der Waals surface area contributed by atoms with Gasteiger partial charge in [-0.15, -0.1) is 0 Å². The molecule has 41 heavy (non-hydrogen) atoms. The maximum absolute atomic E-state index is 12.5. The number of aryl methyl sites for hydroxylation is 1. The molecule has 3 aromatic heterocycles. The van der Waals surface area contributed by atoms with Crippen LogP contribution in [-0.2, 0) is 23.8 Å². The van der Waals surface area contributed by atoms with E-state index in [4.69, 9.17) is 4.74 Å². The number of aliphatic hydroxyl groups is 2. The minimum atomic E-state index is -1.61. The van der Waals surface area contributed by atoms with E-state index in [0.29, 0.717) is 23.5 Å². The Hall–Kier alpha value is -4.42. The lowest BCUT2D eigenvalue weighted by Gasteiger charge is -2.42. The fourth-order valence-corrected chi connectivity index (χ4v) is 4.71. The van der Waals surface area contributed by atoms with Crippen LogP contribution in [0.25, 0.3) is 17.1 Å². The van der Waals surface area contributed by atoms with Crippen LogP contribution in [0.5, 0.6) is 0 Å². The number of aromatic nitrogens is 6. The lowest BCUT2D eigenvalue weighted by atomic mass is 9.83.